The number of aromatic nitrogens is 1. The number of ether oxygens (including phenoxy) is 1. The number of carbonyl (C=O) groups excluding carboxylic acids is 1. The molecule has 1 aromatic heterocycles. The van der Waals surface area contributed by atoms with Crippen LogP contribution >= 0.6 is 0 Å². The summed E-state index contributed by atoms with van der Waals surface area (Å²) in [6.45, 7) is 0.782. The predicted octanol–water partition coefficient (Wildman–Crippen LogP) is 1.89. The van der Waals surface area contributed by atoms with E-state index in [4.69, 9.17) is 4.74 Å². The molecule has 0 spiro atoms. The van der Waals surface area contributed by atoms with Crippen molar-refractivity contribution in [1.82, 2.24) is 9.88 Å². The maximum Gasteiger partial charge on any atom is 0.241 e. The number of hydrogen-bond acceptors (Lipinski definition) is 4. The van der Waals surface area contributed by atoms with E-state index in [0.29, 0.717) is 0 Å². The number of nitrogens with one attached hydrogen (secondary N) is 1. The molecule has 0 unspecified atom stereocenters. The Balaban J connectivity index is 1.74. The number of hydrogen-bond donors (Lipinski definition) is 1. The molecule has 0 radical (unpaired) electrons. The summed E-state index contributed by atoms with van der Waals surface area (Å²) in [5.74, 6) is -0.00543. The van der Waals surface area contributed by atoms with Crippen molar-refractivity contribution in [1.29, 1.82) is 0 Å². The predicted molar refractivity (Wildman–Crippen MR) is 82.2 cm³/mol. The highest BCUT2D eigenvalue weighted by molar-refractivity contribution is 5.96. The highest BCUT2D eigenvalue weighted by Gasteiger charge is 2.34. The monoisotopic (exact) mass is 285 g/mol. The normalized spacial score (nSPS) is 22.6. The molecule has 110 valence electrons. The van der Waals surface area contributed by atoms with Crippen LogP contribution in [0.4, 0.5) is 5.69 Å². The van der Waals surface area contributed by atoms with Crippen LogP contribution in [0.15, 0.2) is 36.5 Å². The lowest BCUT2D eigenvalue weighted by Gasteiger charge is -2.18. The van der Waals surface area contributed by atoms with Crippen molar-refractivity contribution in [3.05, 3.63) is 36.5 Å². The van der Waals surface area contributed by atoms with Crippen LogP contribution in [-0.2, 0) is 9.53 Å². The topological polar surface area (TPSA) is 54.5 Å². The molecule has 1 saturated heterocycles. The first-order valence-electron chi connectivity index (χ1n) is 7.06. The van der Waals surface area contributed by atoms with E-state index < -0.39 is 0 Å². The van der Waals surface area contributed by atoms with Crippen molar-refractivity contribution in [2.45, 2.75) is 18.6 Å². The molecule has 1 aromatic carbocycles. The number of rotatable bonds is 3. The molecule has 1 aliphatic rings. The molecule has 1 N–H and O–H groups in total. The lowest BCUT2D eigenvalue weighted by Crippen LogP contribution is -2.37. The molecule has 2 atom stereocenters. The van der Waals surface area contributed by atoms with Gasteiger partial charge in [0.25, 0.3) is 0 Å². The number of amides is 1. The van der Waals surface area contributed by atoms with Gasteiger partial charge in [0.15, 0.2) is 0 Å². The summed E-state index contributed by atoms with van der Waals surface area (Å²) in [6.07, 6.45) is 2.54. The first kappa shape index (κ1) is 14.0. The Kier molecular flexibility index (Phi) is 3.86. The molecule has 0 aliphatic carbocycles. The minimum Gasteiger partial charge on any atom is -0.380 e. The second-order valence-electron chi connectivity index (χ2n) is 5.45. The Hall–Kier alpha value is -1.98. The second-order valence-corrected chi connectivity index (χ2v) is 5.45. The van der Waals surface area contributed by atoms with Crippen LogP contribution in [-0.4, -0.2) is 48.6 Å². The molecule has 1 amide bonds. The number of methoxy groups -OCH3 is 1. The van der Waals surface area contributed by atoms with Crippen molar-refractivity contribution in [3.63, 3.8) is 0 Å². The number of fused-ring (bicyclic) bond motifs is 1. The Morgan fingerprint density at radius 3 is 3.00 bits per heavy atom. The number of likely N-dealkylation sites (tertiary alicyclic amines) is 1. The van der Waals surface area contributed by atoms with E-state index in [0.717, 1.165) is 29.6 Å². The SMILES string of the molecule is CO[C@H]1C[C@@H](C(=O)Nc2cnc3ccccc3c2)N(C)C1. The maximum atomic E-state index is 12.4. The van der Waals surface area contributed by atoms with Gasteiger partial charge in [0, 0.05) is 19.0 Å². The fraction of sp³-hybridized carbons (Fsp3) is 0.375. The van der Waals surface area contributed by atoms with Crippen LogP contribution in [0.1, 0.15) is 6.42 Å². The highest BCUT2D eigenvalue weighted by Crippen LogP contribution is 2.21. The summed E-state index contributed by atoms with van der Waals surface area (Å²) in [5, 5.41) is 3.97. The average Bonchev–Trinajstić information content (AvgIpc) is 2.88. The van der Waals surface area contributed by atoms with Gasteiger partial charge in [-0.2, -0.15) is 0 Å². The molecular formula is C16H19N3O2. The molecular weight excluding hydrogens is 266 g/mol. The van der Waals surface area contributed by atoms with E-state index in [1.54, 1.807) is 13.3 Å². The number of benzene rings is 1. The van der Waals surface area contributed by atoms with Gasteiger partial charge in [0.1, 0.15) is 0 Å². The van der Waals surface area contributed by atoms with Crippen LogP contribution in [0.5, 0.6) is 0 Å². The van der Waals surface area contributed by atoms with E-state index in [-0.39, 0.29) is 18.1 Å². The smallest absolute Gasteiger partial charge is 0.241 e. The molecule has 2 aromatic rings. The summed E-state index contributed by atoms with van der Waals surface area (Å²) in [7, 11) is 3.63. The van der Waals surface area contributed by atoms with Crippen LogP contribution in [0, 0.1) is 0 Å². The Labute approximate surface area is 123 Å². The van der Waals surface area contributed by atoms with Crippen molar-refractivity contribution in [2.24, 2.45) is 0 Å². The van der Waals surface area contributed by atoms with Gasteiger partial charge >= 0.3 is 0 Å². The van der Waals surface area contributed by atoms with Crippen molar-refractivity contribution in [3.8, 4) is 0 Å². The molecule has 5 heteroatoms. The number of likely N-dealkylation sites (N-methyl/N-ethyl adjacent to an activating group) is 1. The van der Waals surface area contributed by atoms with Crippen molar-refractivity contribution < 1.29 is 9.53 Å². The third-order valence-electron chi connectivity index (χ3n) is 4.00. The molecule has 2 heterocycles. The molecule has 3 rings (SSSR count). The molecule has 5 nitrogen and oxygen atoms in total. The second kappa shape index (κ2) is 5.79. The Bertz CT molecular complexity index is 659. The number of nitrogens with zero attached hydrogens (tertiary/aromatic N) is 2. The zero-order valence-corrected chi connectivity index (χ0v) is 12.2. The minimum absolute atomic E-state index is 0.00543. The van der Waals surface area contributed by atoms with Gasteiger partial charge in [-0.1, -0.05) is 18.2 Å². The Morgan fingerprint density at radius 1 is 1.43 bits per heavy atom. The molecule has 1 fully saturated rings. The molecule has 21 heavy (non-hydrogen) atoms. The van der Waals surface area contributed by atoms with E-state index in [9.17, 15) is 4.79 Å². The van der Waals surface area contributed by atoms with Gasteiger partial charge in [0.2, 0.25) is 5.91 Å². The van der Waals surface area contributed by atoms with Gasteiger partial charge in [-0.25, -0.2) is 0 Å². The number of anilines is 1. The first-order chi connectivity index (χ1) is 10.2. The summed E-state index contributed by atoms with van der Waals surface area (Å²) in [5.41, 5.74) is 1.65. The van der Waals surface area contributed by atoms with Crippen LogP contribution in [0.3, 0.4) is 0 Å². The fourth-order valence-electron chi connectivity index (χ4n) is 2.79. The molecule has 1 aliphatic heterocycles. The number of pyridine rings is 1. The summed E-state index contributed by atoms with van der Waals surface area (Å²) < 4.78 is 5.34. The summed E-state index contributed by atoms with van der Waals surface area (Å²) >= 11 is 0. The molecule has 0 bridgehead atoms. The number of carbonyl (C=O) groups is 1. The summed E-state index contributed by atoms with van der Waals surface area (Å²) in [6, 6.07) is 9.65. The van der Waals surface area contributed by atoms with Crippen LogP contribution < -0.4 is 5.32 Å². The highest BCUT2D eigenvalue weighted by atomic mass is 16.5. The Morgan fingerprint density at radius 2 is 2.24 bits per heavy atom. The lowest BCUT2D eigenvalue weighted by atomic mass is 10.1. The average molecular weight is 285 g/mol. The van der Waals surface area contributed by atoms with Crippen LogP contribution in [0.2, 0.25) is 0 Å². The molecule has 0 saturated carbocycles. The largest absolute Gasteiger partial charge is 0.380 e. The van der Waals surface area contributed by atoms with Crippen LogP contribution in [0.25, 0.3) is 10.9 Å². The zero-order valence-electron chi connectivity index (χ0n) is 12.2. The van der Waals surface area contributed by atoms with Gasteiger partial charge < -0.3 is 10.1 Å². The first-order valence-corrected chi connectivity index (χ1v) is 7.06. The van der Waals surface area contributed by atoms with Gasteiger partial charge in [-0.15, -0.1) is 0 Å². The summed E-state index contributed by atoms with van der Waals surface area (Å²) in [4.78, 5) is 18.8. The van der Waals surface area contributed by atoms with Crippen molar-refractivity contribution in [2.75, 3.05) is 26.0 Å². The zero-order chi connectivity index (χ0) is 14.8. The van der Waals surface area contributed by atoms with Crippen molar-refractivity contribution >= 4 is 22.5 Å². The number of para-hydroxylation sites is 1. The van der Waals surface area contributed by atoms with E-state index in [2.05, 4.69) is 10.3 Å². The van der Waals surface area contributed by atoms with E-state index in [1.165, 1.54) is 0 Å². The van der Waals surface area contributed by atoms with E-state index in [1.807, 2.05) is 42.3 Å². The van der Waals surface area contributed by atoms with Gasteiger partial charge in [-0.3, -0.25) is 14.7 Å². The maximum absolute atomic E-state index is 12.4. The third kappa shape index (κ3) is 2.89. The third-order valence-corrected chi connectivity index (χ3v) is 4.00. The van der Waals surface area contributed by atoms with Gasteiger partial charge in [0.05, 0.1) is 29.5 Å². The fourth-order valence-corrected chi connectivity index (χ4v) is 2.79. The lowest BCUT2D eigenvalue weighted by molar-refractivity contribution is -0.120. The standard InChI is InChI=1S/C16H19N3O2/c1-19-10-13(21-2)8-15(19)16(20)18-12-7-11-5-3-4-6-14(11)17-9-12/h3-7,9,13,15H,8,10H2,1-2H3,(H,18,20)/t13-,15-/m0/s1. The minimum atomic E-state index is -0.151. The van der Waals surface area contributed by atoms with E-state index >= 15 is 0 Å². The van der Waals surface area contributed by atoms with Gasteiger partial charge in [-0.05, 0) is 25.6 Å². The quantitative estimate of drug-likeness (QED) is 0.935.